The van der Waals surface area contributed by atoms with Gasteiger partial charge >= 0.3 is 0 Å². The molecule has 1 amide bonds. The molecular formula is C35H35N9O4. The third kappa shape index (κ3) is 8.11. The SMILES string of the molecule is [N-]=[N+]=NCc1ccccc1C[C@]1(C(=O)NNCCc2ccccc2)N=C(c2ccc(OCCCO)cc2)O[C@H]1c1ccccc1N=[N+]=[N-]. The van der Waals surface area contributed by atoms with E-state index in [1.54, 1.807) is 48.5 Å². The van der Waals surface area contributed by atoms with Crippen molar-refractivity contribution in [2.75, 3.05) is 19.8 Å². The molecule has 5 rings (SSSR count). The Morgan fingerprint density at radius 2 is 1.67 bits per heavy atom. The van der Waals surface area contributed by atoms with Crippen LogP contribution in [0.2, 0.25) is 0 Å². The number of carbonyl (C=O) groups is 1. The summed E-state index contributed by atoms with van der Waals surface area (Å²) in [7, 11) is 0. The van der Waals surface area contributed by atoms with Crippen LogP contribution in [-0.2, 0) is 28.9 Å². The minimum Gasteiger partial charge on any atom is -0.494 e. The first-order valence-corrected chi connectivity index (χ1v) is 15.5. The number of rotatable bonds is 16. The molecule has 0 aliphatic carbocycles. The lowest BCUT2D eigenvalue weighted by Gasteiger charge is -2.32. The summed E-state index contributed by atoms with van der Waals surface area (Å²) in [6.07, 6.45) is 0.224. The summed E-state index contributed by atoms with van der Waals surface area (Å²) in [6.45, 7) is 0.920. The Morgan fingerprint density at radius 1 is 0.938 bits per heavy atom. The quantitative estimate of drug-likeness (QED) is 0.0408. The Hall–Kier alpha value is -5.84. The number of hydrazine groups is 1. The smallest absolute Gasteiger partial charge is 0.266 e. The van der Waals surface area contributed by atoms with Crippen LogP contribution in [0, 0.1) is 0 Å². The van der Waals surface area contributed by atoms with Gasteiger partial charge in [0.1, 0.15) is 5.75 Å². The van der Waals surface area contributed by atoms with E-state index in [2.05, 4.69) is 30.9 Å². The molecule has 0 unspecified atom stereocenters. The number of aliphatic hydroxyl groups excluding tert-OH is 1. The molecular weight excluding hydrogens is 610 g/mol. The van der Waals surface area contributed by atoms with Crippen LogP contribution in [0.5, 0.6) is 5.75 Å². The van der Waals surface area contributed by atoms with E-state index >= 15 is 0 Å². The molecule has 2 atom stereocenters. The molecule has 13 nitrogen and oxygen atoms in total. The standard InChI is InChI=1S/C35H35N9O4/c36-43-39-24-28-12-5-4-11-27(28)23-35(34(46)42-38-20-19-25-9-2-1-3-10-25)32(30-13-6-7-14-31(30)41-44-37)48-33(40-35)26-15-17-29(18-16-26)47-22-8-21-45/h1-7,9-18,32,38,45H,8,19-24H2,(H,42,46)/t32-,35-/m0/s1. The Bertz CT molecular complexity index is 1820. The summed E-state index contributed by atoms with van der Waals surface area (Å²) < 4.78 is 12.3. The van der Waals surface area contributed by atoms with Crippen molar-refractivity contribution in [2.45, 2.75) is 37.5 Å². The molecule has 0 saturated heterocycles. The summed E-state index contributed by atoms with van der Waals surface area (Å²) >= 11 is 0. The number of hydrogen-bond acceptors (Lipinski definition) is 8. The number of aliphatic imine (C=N–C) groups is 1. The second-order valence-electron chi connectivity index (χ2n) is 11.0. The van der Waals surface area contributed by atoms with E-state index in [9.17, 15) is 10.3 Å². The van der Waals surface area contributed by atoms with Crippen LogP contribution < -0.4 is 15.6 Å². The molecule has 0 spiro atoms. The maximum absolute atomic E-state index is 14.6. The molecule has 3 N–H and O–H groups in total. The zero-order chi connectivity index (χ0) is 33.6. The lowest BCUT2D eigenvalue weighted by Crippen LogP contribution is -2.54. The third-order valence-electron chi connectivity index (χ3n) is 7.87. The maximum atomic E-state index is 14.6. The monoisotopic (exact) mass is 645 g/mol. The highest BCUT2D eigenvalue weighted by Crippen LogP contribution is 2.45. The van der Waals surface area contributed by atoms with E-state index in [-0.39, 0.29) is 25.5 Å². The molecule has 13 heteroatoms. The van der Waals surface area contributed by atoms with Crippen LogP contribution in [0.15, 0.2) is 118 Å². The lowest BCUT2D eigenvalue weighted by molar-refractivity contribution is -0.130. The highest BCUT2D eigenvalue weighted by molar-refractivity contribution is 6.01. The number of nitrogens with one attached hydrogen (secondary N) is 2. The van der Waals surface area contributed by atoms with Gasteiger partial charge in [0, 0.05) is 52.6 Å². The molecule has 0 bridgehead atoms. The van der Waals surface area contributed by atoms with Crippen LogP contribution in [0.4, 0.5) is 5.69 Å². The number of azide groups is 2. The largest absolute Gasteiger partial charge is 0.494 e. The van der Waals surface area contributed by atoms with Crippen molar-refractivity contribution in [3.63, 3.8) is 0 Å². The molecule has 4 aromatic rings. The second-order valence-corrected chi connectivity index (χ2v) is 11.0. The van der Waals surface area contributed by atoms with Gasteiger partial charge in [-0.1, -0.05) is 89.1 Å². The number of nitrogens with zero attached hydrogens (tertiary/aromatic N) is 7. The molecule has 0 aromatic heterocycles. The van der Waals surface area contributed by atoms with Crippen LogP contribution in [-0.4, -0.2) is 42.2 Å². The zero-order valence-corrected chi connectivity index (χ0v) is 26.1. The van der Waals surface area contributed by atoms with Gasteiger partial charge in [0.15, 0.2) is 11.6 Å². The predicted molar refractivity (Wildman–Crippen MR) is 181 cm³/mol. The lowest BCUT2D eigenvalue weighted by atomic mass is 9.80. The maximum Gasteiger partial charge on any atom is 0.266 e. The van der Waals surface area contributed by atoms with Gasteiger partial charge in [-0.25, -0.2) is 10.4 Å². The normalized spacial score (nSPS) is 16.5. The van der Waals surface area contributed by atoms with Crippen LogP contribution in [0.25, 0.3) is 20.9 Å². The van der Waals surface area contributed by atoms with Crippen molar-refractivity contribution in [2.24, 2.45) is 15.2 Å². The van der Waals surface area contributed by atoms with Gasteiger partial charge in [0.25, 0.3) is 5.91 Å². The topological polar surface area (TPSA) is 190 Å². The summed E-state index contributed by atoms with van der Waals surface area (Å²) in [5, 5.41) is 16.8. The minimum atomic E-state index is -1.60. The zero-order valence-electron chi connectivity index (χ0n) is 26.1. The van der Waals surface area contributed by atoms with Crippen molar-refractivity contribution >= 4 is 17.5 Å². The fourth-order valence-corrected chi connectivity index (χ4v) is 5.49. The molecule has 244 valence electrons. The van der Waals surface area contributed by atoms with Gasteiger partial charge in [-0.3, -0.25) is 10.2 Å². The van der Waals surface area contributed by atoms with E-state index in [1.165, 1.54) is 0 Å². The van der Waals surface area contributed by atoms with Crippen molar-refractivity contribution in [3.05, 3.63) is 152 Å². The van der Waals surface area contributed by atoms with Gasteiger partial charge in [0.2, 0.25) is 5.90 Å². The number of aliphatic hydroxyl groups is 1. The van der Waals surface area contributed by atoms with Gasteiger partial charge in [-0.2, -0.15) is 0 Å². The molecule has 48 heavy (non-hydrogen) atoms. The van der Waals surface area contributed by atoms with Crippen molar-refractivity contribution in [1.82, 2.24) is 10.9 Å². The molecule has 1 heterocycles. The van der Waals surface area contributed by atoms with Gasteiger partial charge in [-0.15, -0.1) is 0 Å². The minimum absolute atomic E-state index is 0.0265. The van der Waals surface area contributed by atoms with Crippen LogP contribution in [0.1, 0.15) is 40.3 Å². The molecule has 0 saturated carbocycles. The molecule has 0 fully saturated rings. The Balaban J connectivity index is 1.57. The summed E-state index contributed by atoms with van der Waals surface area (Å²) in [4.78, 5) is 25.5. The predicted octanol–water partition coefficient (Wildman–Crippen LogP) is 6.56. The highest BCUT2D eigenvalue weighted by atomic mass is 16.5. The third-order valence-corrected chi connectivity index (χ3v) is 7.87. The van der Waals surface area contributed by atoms with E-state index < -0.39 is 17.6 Å². The average molecular weight is 646 g/mol. The average Bonchev–Trinajstić information content (AvgIpc) is 3.51. The summed E-state index contributed by atoms with van der Waals surface area (Å²) in [6, 6.07) is 31.3. The van der Waals surface area contributed by atoms with E-state index in [1.807, 2.05) is 54.6 Å². The van der Waals surface area contributed by atoms with E-state index in [0.717, 1.165) is 16.7 Å². The van der Waals surface area contributed by atoms with Gasteiger partial charge in [0.05, 0.1) is 13.2 Å². The number of carbonyl (C=O) groups excluding carboxylic acids is 1. The summed E-state index contributed by atoms with van der Waals surface area (Å²) in [5.74, 6) is 0.355. The molecule has 1 aliphatic heterocycles. The van der Waals surface area contributed by atoms with Gasteiger partial charge < -0.3 is 14.6 Å². The van der Waals surface area contributed by atoms with Gasteiger partial charge in [-0.05, 0) is 58.4 Å². The fraction of sp³-hybridized carbons (Fsp3) is 0.257. The Kier molecular flexibility index (Phi) is 11.6. The molecule has 0 radical (unpaired) electrons. The fourth-order valence-electron chi connectivity index (χ4n) is 5.49. The van der Waals surface area contributed by atoms with Crippen molar-refractivity contribution < 1.29 is 19.4 Å². The summed E-state index contributed by atoms with van der Waals surface area (Å²) in [5.41, 5.74) is 26.7. The van der Waals surface area contributed by atoms with Crippen molar-refractivity contribution in [3.8, 4) is 5.75 Å². The Morgan fingerprint density at radius 3 is 2.42 bits per heavy atom. The molecule has 1 aliphatic rings. The number of hydrogen-bond donors (Lipinski definition) is 3. The van der Waals surface area contributed by atoms with Crippen molar-refractivity contribution in [1.29, 1.82) is 0 Å². The van der Waals surface area contributed by atoms with E-state index in [0.29, 0.717) is 48.6 Å². The molecule has 4 aromatic carbocycles. The number of ether oxygens (including phenoxy) is 2. The first-order valence-electron chi connectivity index (χ1n) is 15.5. The number of benzene rings is 4. The van der Waals surface area contributed by atoms with Crippen LogP contribution >= 0.6 is 0 Å². The van der Waals surface area contributed by atoms with E-state index in [4.69, 9.17) is 25.1 Å². The van der Waals surface area contributed by atoms with Crippen LogP contribution in [0.3, 0.4) is 0 Å². The number of amides is 1. The first kappa shape index (κ1) is 33.5. The highest BCUT2D eigenvalue weighted by Gasteiger charge is 2.54. The Labute approximate surface area is 277 Å². The first-order chi connectivity index (χ1) is 23.6. The second kappa shape index (κ2) is 16.6.